The Labute approximate surface area is 205 Å². The summed E-state index contributed by atoms with van der Waals surface area (Å²) in [5.41, 5.74) is 8.84. The highest BCUT2D eigenvalue weighted by atomic mass is 35.5. The third kappa shape index (κ3) is 8.32. The molecule has 0 aliphatic carbocycles. The Hall–Kier alpha value is -3.54. The predicted octanol–water partition coefficient (Wildman–Crippen LogP) is 5.06. The van der Waals surface area contributed by atoms with Gasteiger partial charge in [-0.25, -0.2) is 4.98 Å². The number of alkyl halides is 3. The summed E-state index contributed by atoms with van der Waals surface area (Å²) in [6.07, 6.45) is -0.489. The van der Waals surface area contributed by atoms with Crippen molar-refractivity contribution < 1.29 is 28.3 Å². The van der Waals surface area contributed by atoms with Crippen molar-refractivity contribution in [1.29, 1.82) is 5.41 Å². The van der Waals surface area contributed by atoms with Gasteiger partial charge < -0.3 is 16.2 Å². The molecule has 188 valence electrons. The van der Waals surface area contributed by atoms with Gasteiger partial charge in [0.15, 0.2) is 0 Å². The zero-order valence-electron chi connectivity index (χ0n) is 19.1. The van der Waals surface area contributed by atoms with E-state index in [1.807, 2.05) is 5.48 Å². The number of aromatic nitrogens is 2. The van der Waals surface area contributed by atoms with E-state index in [-0.39, 0.29) is 40.0 Å². The van der Waals surface area contributed by atoms with Crippen molar-refractivity contribution in [2.45, 2.75) is 26.9 Å². The highest BCUT2D eigenvalue weighted by Gasteiger charge is 2.32. The number of ketones is 1. The van der Waals surface area contributed by atoms with E-state index in [1.165, 1.54) is 30.6 Å². The van der Waals surface area contributed by atoms with Gasteiger partial charge in [0, 0.05) is 36.3 Å². The third-order valence-electron chi connectivity index (χ3n) is 4.20. The second-order valence-corrected chi connectivity index (χ2v) is 7.36. The Kier molecular flexibility index (Phi) is 11.3. The zero-order chi connectivity index (χ0) is 26.8. The second-order valence-electron chi connectivity index (χ2n) is 6.95. The number of halogens is 4. The quantitative estimate of drug-likeness (QED) is 0.187. The molecule has 0 radical (unpaired) electrons. The van der Waals surface area contributed by atoms with Crippen LogP contribution in [0.25, 0.3) is 0 Å². The fourth-order valence-corrected chi connectivity index (χ4v) is 2.88. The Morgan fingerprint density at radius 2 is 1.83 bits per heavy atom. The maximum absolute atomic E-state index is 12.5. The fraction of sp³-hybridized carbons (Fsp3) is 0.217. The van der Waals surface area contributed by atoms with Gasteiger partial charge in [-0.2, -0.15) is 13.2 Å². The van der Waals surface area contributed by atoms with Crippen molar-refractivity contribution >= 4 is 35.1 Å². The average Bonchev–Trinajstić information content (AvgIpc) is 2.80. The van der Waals surface area contributed by atoms with Gasteiger partial charge in [-0.15, -0.1) is 0 Å². The summed E-state index contributed by atoms with van der Waals surface area (Å²) >= 11 is 5.36. The highest BCUT2D eigenvalue weighted by molar-refractivity contribution is 6.31. The lowest BCUT2D eigenvalue weighted by molar-refractivity contribution is -0.137. The van der Waals surface area contributed by atoms with Gasteiger partial charge in [-0.05, 0) is 50.6 Å². The van der Waals surface area contributed by atoms with Crippen LogP contribution in [-0.4, -0.2) is 38.9 Å². The molecular formula is C23H25ClF3N5O3. The topological polar surface area (TPSA) is 145 Å². The molecule has 3 rings (SSSR count). The summed E-state index contributed by atoms with van der Waals surface area (Å²) in [6, 6.07) is 6.87. The molecule has 1 aromatic carbocycles. The second kappa shape index (κ2) is 13.4. The van der Waals surface area contributed by atoms with E-state index in [0.717, 1.165) is 17.8 Å². The number of nitrogens with zero attached hydrogens (tertiary/aromatic N) is 2. The predicted molar refractivity (Wildman–Crippen MR) is 128 cm³/mol. The molecule has 0 amide bonds. The number of pyridine rings is 2. The van der Waals surface area contributed by atoms with Crippen LogP contribution in [0.5, 0.6) is 0 Å². The molecular weight excluding hydrogens is 487 g/mol. The maximum atomic E-state index is 12.5. The van der Waals surface area contributed by atoms with E-state index in [0.29, 0.717) is 5.56 Å². The lowest BCUT2D eigenvalue weighted by atomic mass is 10.0. The summed E-state index contributed by atoms with van der Waals surface area (Å²) in [5, 5.41) is 23.7. The zero-order valence-corrected chi connectivity index (χ0v) is 19.9. The SMILES string of the molecule is CCO.Cc1ccc(Cl)c(C(F)(F)F)c1.Cc1cnc(C(=O)c2ccnc(N)c2C=N)c(NO)c1. The highest BCUT2D eigenvalue weighted by Crippen LogP contribution is 2.34. The first-order valence-corrected chi connectivity index (χ1v) is 10.4. The molecule has 0 atom stereocenters. The average molecular weight is 512 g/mol. The summed E-state index contributed by atoms with van der Waals surface area (Å²) in [4.78, 5) is 20.3. The lowest BCUT2D eigenvalue weighted by Crippen LogP contribution is -2.12. The minimum Gasteiger partial charge on any atom is -0.397 e. The van der Waals surface area contributed by atoms with Crippen LogP contribution in [-0.2, 0) is 6.18 Å². The number of carbonyl (C=O) groups excluding carboxylic acids is 1. The van der Waals surface area contributed by atoms with Crippen LogP contribution in [0, 0.1) is 19.3 Å². The Morgan fingerprint density at radius 1 is 1.20 bits per heavy atom. The van der Waals surface area contributed by atoms with Gasteiger partial charge in [0.25, 0.3) is 0 Å². The summed E-state index contributed by atoms with van der Waals surface area (Å²) < 4.78 is 36.4. The van der Waals surface area contributed by atoms with Crippen LogP contribution in [0.1, 0.15) is 45.2 Å². The van der Waals surface area contributed by atoms with E-state index in [1.54, 1.807) is 26.8 Å². The van der Waals surface area contributed by atoms with Crippen molar-refractivity contribution in [2.24, 2.45) is 0 Å². The smallest absolute Gasteiger partial charge is 0.397 e. The lowest BCUT2D eigenvalue weighted by Gasteiger charge is -2.09. The fourth-order valence-electron chi connectivity index (χ4n) is 2.66. The molecule has 3 aromatic rings. The number of nitrogen functional groups attached to an aromatic ring is 1. The first-order valence-electron chi connectivity index (χ1n) is 10.0. The van der Waals surface area contributed by atoms with Crippen LogP contribution in [0.3, 0.4) is 0 Å². The number of anilines is 2. The number of aryl methyl sites for hydroxylation is 2. The van der Waals surface area contributed by atoms with Gasteiger partial charge >= 0.3 is 6.18 Å². The van der Waals surface area contributed by atoms with Gasteiger partial charge in [0.05, 0.1) is 16.3 Å². The number of aliphatic hydroxyl groups excluding tert-OH is 1. The van der Waals surface area contributed by atoms with Crippen LogP contribution in [0.15, 0.2) is 42.7 Å². The van der Waals surface area contributed by atoms with Gasteiger partial charge in [0.1, 0.15) is 11.5 Å². The maximum Gasteiger partial charge on any atom is 0.417 e. The van der Waals surface area contributed by atoms with E-state index in [9.17, 15) is 18.0 Å². The molecule has 2 aromatic heterocycles. The van der Waals surface area contributed by atoms with Crippen molar-refractivity contribution in [3.8, 4) is 0 Å². The van der Waals surface area contributed by atoms with Crippen molar-refractivity contribution in [3.63, 3.8) is 0 Å². The minimum absolute atomic E-state index is 0.0480. The number of benzene rings is 1. The Morgan fingerprint density at radius 3 is 2.34 bits per heavy atom. The molecule has 2 heterocycles. The summed E-state index contributed by atoms with van der Waals surface area (Å²) in [5.74, 6) is -0.356. The third-order valence-corrected chi connectivity index (χ3v) is 4.53. The molecule has 0 spiro atoms. The first kappa shape index (κ1) is 29.5. The summed E-state index contributed by atoms with van der Waals surface area (Å²) in [7, 11) is 0. The number of aliphatic hydroxyl groups is 1. The molecule has 0 unspecified atom stereocenters. The molecule has 8 nitrogen and oxygen atoms in total. The Balaban J connectivity index is 0.000000347. The van der Waals surface area contributed by atoms with Crippen molar-refractivity contribution in [3.05, 3.63) is 81.3 Å². The molecule has 0 saturated carbocycles. The number of hydrogen-bond acceptors (Lipinski definition) is 8. The number of rotatable bonds is 4. The van der Waals surface area contributed by atoms with Crippen LogP contribution in [0.4, 0.5) is 24.7 Å². The Bertz CT molecular complexity index is 1170. The summed E-state index contributed by atoms with van der Waals surface area (Å²) in [6.45, 7) is 5.31. The number of hydrogen-bond donors (Lipinski definition) is 5. The molecule has 0 bridgehead atoms. The van der Waals surface area contributed by atoms with E-state index >= 15 is 0 Å². The molecule has 0 saturated heterocycles. The van der Waals surface area contributed by atoms with Crippen molar-refractivity contribution in [1.82, 2.24) is 9.97 Å². The van der Waals surface area contributed by atoms with Crippen LogP contribution >= 0.6 is 11.6 Å². The molecule has 6 N–H and O–H groups in total. The largest absolute Gasteiger partial charge is 0.417 e. The molecule has 0 aliphatic rings. The number of carbonyl (C=O) groups is 1. The van der Waals surface area contributed by atoms with Crippen LogP contribution < -0.4 is 11.2 Å². The number of nitrogens with one attached hydrogen (secondary N) is 2. The normalized spacial score (nSPS) is 10.3. The van der Waals surface area contributed by atoms with Gasteiger partial charge in [-0.1, -0.05) is 23.2 Å². The van der Waals surface area contributed by atoms with Crippen LogP contribution in [0.2, 0.25) is 5.02 Å². The van der Waals surface area contributed by atoms with Gasteiger partial charge in [-0.3, -0.25) is 20.5 Å². The molecule has 12 heteroatoms. The van der Waals surface area contributed by atoms with Gasteiger partial charge in [0.2, 0.25) is 5.78 Å². The first-order chi connectivity index (χ1) is 16.4. The molecule has 0 fully saturated rings. The minimum atomic E-state index is -4.36. The number of nitrogens with two attached hydrogens (primary N) is 1. The molecule has 0 aliphatic heterocycles. The molecule has 35 heavy (non-hydrogen) atoms. The van der Waals surface area contributed by atoms with E-state index < -0.39 is 17.5 Å². The monoisotopic (exact) mass is 511 g/mol. The van der Waals surface area contributed by atoms with E-state index in [2.05, 4.69) is 9.97 Å². The standard InChI is InChI=1S/C13H13N5O2.C8H6ClF3.C2H6O/c1-7-4-10(18-20)11(17-6-7)12(19)8-2-3-16-13(15)9(8)5-14;1-5-2-3-7(9)6(4-5)8(10,11)12;1-2-3/h2-6,14,18,20H,1H3,(H2,15,16);2-4H,1H3;3H,2H2,1H3. The van der Waals surface area contributed by atoms with Crippen molar-refractivity contribution in [2.75, 3.05) is 17.8 Å². The van der Waals surface area contributed by atoms with E-state index in [4.69, 9.17) is 33.1 Å².